The van der Waals surface area contributed by atoms with Crippen LogP contribution in [0, 0.1) is 6.92 Å². The summed E-state index contributed by atoms with van der Waals surface area (Å²) in [7, 11) is 1.06. The molecule has 2 atom stereocenters. The Labute approximate surface area is 111 Å². The first-order chi connectivity index (χ1) is 8.95. The van der Waals surface area contributed by atoms with Crippen molar-refractivity contribution < 1.29 is 24.5 Å². The summed E-state index contributed by atoms with van der Waals surface area (Å²) in [5, 5.41) is 21.2. The zero-order valence-corrected chi connectivity index (χ0v) is 10.8. The first kappa shape index (κ1) is 15.1. The Balaban J connectivity index is 2.51. The van der Waals surface area contributed by atoms with Crippen molar-refractivity contribution in [2.45, 2.75) is 25.7 Å². The minimum Gasteiger partial charge on any atom is -0.467 e. The van der Waals surface area contributed by atoms with Gasteiger partial charge < -0.3 is 20.3 Å². The molecule has 6 heteroatoms. The quantitative estimate of drug-likeness (QED) is 0.625. The van der Waals surface area contributed by atoms with Crippen molar-refractivity contribution in [3.63, 3.8) is 0 Å². The molecule has 1 aromatic rings. The van der Waals surface area contributed by atoms with Crippen LogP contribution in [0.2, 0.25) is 0 Å². The van der Waals surface area contributed by atoms with Gasteiger partial charge in [0.1, 0.15) is 0 Å². The molecule has 0 heterocycles. The molecular formula is C13H17NO5. The highest BCUT2D eigenvalue weighted by Gasteiger charge is 2.30. The van der Waals surface area contributed by atoms with Gasteiger partial charge in [0.15, 0.2) is 12.2 Å². The molecule has 1 rings (SSSR count). The van der Waals surface area contributed by atoms with Crippen LogP contribution in [-0.4, -0.2) is 41.4 Å². The highest BCUT2D eigenvalue weighted by Crippen LogP contribution is 2.03. The number of aliphatic hydroxyl groups excluding tert-OH is 2. The molecule has 2 unspecified atom stereocenters. The molecule has 6 nitrogen and oxygen atoms in total. The smallest absolute Gasteiger partial charge is 0.338 e. The lowest BCUT2D eigenvalue weighted by Crippen LogP contribution is -2.45. The largest absolute Gasteiger partial charge is 0.467 e. The highest BCUT2D eigenvalue weighted by atomic mass is 16.5. The summed E-state index contributed by atoms with van der Waals surface area (Å²) < 4.78 is 4.23. The lowest BCUT2D eigenvalue weighted by molar-refractivity contribution is -0.161. The van der Waals surface area contributed by atoms with Gasteiger partial charge >= 0.3 is 5.97 Å². The Hall–Kier alpha value is -1.92. The fraction of sp³-hybridized carbons (Fsp3) is 0.385. The zero-order valence-electron chi connectivity index (χ0n) is 10.8. The molecule has 0 aliphatic carbocycles. The molecule has 0 aliphatic heterocycles. The predicted molar refractivity (Wildman–Crippen MR) is 67.1 cm³/mol. The molecule has 0 spiro atoms. The van der Waals surface area contributed by atoms with Gasteiger partial charge in [0.2, 0.25) is 0 Å². The lowest BCUT2D eigenvalue weighted by atomic mass is 10.1. The molecule has 0 bridgehead atoms. The van der Waals surface area contributed by atoms with Gasteiger partial charge in [0.05, 0.1) is 7.11 Å². The minimum atomic E-state index is -1.89. The molecule has 1 aromatic carbocycles. The Morgan fingerprint density at radius 2 is 1.79 bits per heavy atom. The molecular weight excluding hydrogens is 250 g/mol. The number of aryl methyl sites for hydroxylation is 1. The second kappa shape index (κ2) is 6.86. The molecule has 1 amide bonds. The molecule has 0 saturated heterocycles. The Morgan fingerprint density at radius 1 is 1.21 bits per heavy atom. The van der Waals surface area contributed by atoms with Crippen LogP contribution >= 0.6 is 0 Å². The number of carbonyl (C=O) groups is 2. The second-order valence-electron chi connectivity index (χ2n) is 4.12. The Kier molecular flexibility index (Phi) is 5.47. The van der Waals surface area contributed by atoms with Crippen LogP contribution in [0.1, 0.15) is 11.1 Å². The first-order valence-electron chi connectivity index (χ1n) is 5.73. The van der Waals surface area contributed by atoms with Gasteiger partial charge in [-0.05, 0) is 12.5 Å². The summed E-state index contributed by atoms with van der Waals surface area (Å²) in [4.78, 5) is 22.5. The van der Waals surface area contributed by atoms with E-state index in [4.69, 9.17) is 0 Å². The number of amides is 1. The number of ether oxygens (including phenoxy) is 1. The predicted octanol–water partition coefficient (Wildman–Crippen LogP) is -0.494. The number of methoxy groups -OCH3 is 1. The van der Waals surface area contributed by atoms with Gasteiger partial charge in [-0.1, -0.05) is 29.8 Å². The highest BCUT2D eigenvalue weighted by molar-refractivity contribution is 5.88. The van der Waals surface area contributed by atoms with Crippen molar-refractivity contribution >= 4 is 11.9 Å². The van der Waals surface area contributed by atoms with Crippen molar-refractivity contribution in [2.24, 2.45) is 0 Å². The molecule has 0 fully saturated rings. The monoisotopic (exact) mass is 267 g/mol. The number of rotatable bonds is 5. The maximum atomic E-state index is 11.5. The standard InChI is InChI=1S/C13H17NO5/c1-8-3-5-9(6-4-8)7-14-12(17)10(15)11(16)13(18)19-2/h3-6,10-11,15-16H,7H2,1-2H3,(H,14,17). The van der Waals surface area contributed by atoms with Crippen molar-refractivity contribution in [2.75, 3.05) is 7.11 Å². The van der Waals surface area contributed by atoms with Crippen LogP contribution in [0.25, 0.3) is 0 Å². The molecule has 0 aliphatic rings. The average molecular weight is 267 g/mol. The number of esters is 1. The Bertz CT molecular complexity index is 443. The summed E-state index contributed by atoms with van der Waals surface area (Å²) in [6, 6.07) is 7.44. The van der Waals surface area contributed by atoms with Gasteiger partial charge in [0.25, 0.3) is 5.91 Å². The van der Waals surface area contributed by atoms with E-state index in [0.717, 1.165) is 18.2 Å². The summed E-state index contributed by atoms with van der Waals surface area (Å²) in [6.07, 6.45) is -3.74. The summed E-state index contributed by atoms with van der Waals surface area (Å²) in [5.74, 6) is -1.89. The van der Waals surface area contributed by atoms with E-state index in [9.17, 15) is 19.8 Å². The zero-order chi connectivity index (χ0) is 14.4. The van der Waals surface area contributed by atoms with E-state index >= 15 is 0 Å². The topological polar surface area (TPSA) is 95.9 Å². The maximum absolute atomic E-state index is 11.5. The van der Waals surface area contributed by atoms with Crippen molar-refractivity contribution in [1.82, 2.24) is 5.32 Å². The van der Waals surface area contributed by atoms with Crippen molar-refractivity contribution in [1.29, 1.82) is 0 Å². The molecule has 0 radical (unpaired) electrons. The van der Waals surface area contributed by atoms with Crippen LogP contribution in [0.5, 0.6) is 0 Å². The number of nitrogens with one attached hydrogen (secondary N) is 1. The molecule has 3 N–H and O–H groups in total. The van der Waals surface area contributed by atoms with Crippen LogP contribution in [0.15, 0.2) is 24.3 Å². The average Bonchev–Trinajstić information content (AvgIpc) is 2.43. The lowest BCUT2D eigenvalue weighted by Gasteiger charge is -2.15. The van der Waals surface area contributed by atoms with Crippen LogP contribution in [0.4, 0.5) is 0 Å². The van der Waals surface area contributed by atoms with Crippen LogP contribution in [0.3, 0.4) is 0 Å². The summed E-state index contributed by atoms with van der Waals surface area (Å²) >= 11 is 0. The van der Waals surface area contributed by atoms with E-state index in [1.165, 1.54) is 0 Å². The second-order valence-corrected chi connectivity index (χ2v) is 4.12. The third-order valence-electron chi connectivity index (χ3n) is 2.60. The number of hydrogen-bond donors (Lipinski definition) is 3. The fourth-order valence-electron chi connectivity index (χ4n) is 1.39. The molecule has 19 heavy (non-hydrogen) atoms. The number of carbonyl (C=O) groups excluding carboxylic acids is 2. The number of hydrogen-bond acceptors (Lipinski definition) is 5. The van der Waals surface area contributed by atoms with Crippen LogP contribution < -0.4 is 5.32 Å². The van der Waals surface area contributed by atoms with E-state index in [1.54, 1.807) is 0 Å². The van der Waals surface area contributed by atoms with E-state index in [0.29, 0.717) is 0 Å². The maximum Gasteiger partial charge on any atom is 0.338 e. The van der Waals surface area contributed by atoms with Gasteiger partial charge in [-0.15, -0.1) is 0 Å². The van der Waals surface area contributed by atoms with Crippen molar-refractivity contribution in [3.05, 3.63) is 35.4 Å². The first-order valence-corrected chi connectivity index (χ1v) is 5.73. The molecule has 0 saturated carbocycles. The van der Waals surface area contributed by atoms with Gasteiger partial charge in [0, 0.05) is 6.54 Å². The number of aliphatic hydroxyl groups is 2. The van der Waals surface area contributed by atoms with Gasteiger partial charge in [-0.25, -0.2) is 4.79 Å². The fourth-order valence-corrected chi connectivity index (χ4v) is 1.39. The normalized spacial score (nSPS) is 13.5. The SMILES string of the molecule is COC(=O)C(O)C(O)C(=O)NCc1ccc(C)cc1. The van der Waals surface area contributed by atoms with Gasteiger partial charge in [-0.2, -0.15) is 0 Å². The van der Waals surface area contributed by atoms with E-state index in [-0.39, 0.29) is 6.54 Å². The van der Waals surface area contributed by atoms with Crippen molar-refractivity contribution in [3.8, 4) is 0 Å². The Morgan fingerprint density at radius 3 is 2.32 bits per heavy atom. The van der Waals surface area contributed by atoms with Gasteiger partial charge in [-0.3, -0.25) is 4.79 Å². The van der Waals surface area contributed by atoms with E-state index in [1.807, 2.05) is 31.2 Å². The third-order valence-corrected chi connectivity index (χ3v) is 2.60. The molecule has 0 aromatic heterocycles. The van der Waals surface area contributed by atoms with E-state index in [2.05, 4.69) is 10.1 Å². The molecule has 104 valence electrons. The van der Waals surface area contributed by atoms with Crippen LogP contribution in [-0.2, 0) is 20.9 Å². The summed E-state index contributed by atoms with van der Waals surface area (Å²) in [5.41, 5.74) is 1.94. The van der Waals surface area contributed by atoms with E-state index < -0.39 is 24.1 Å². The number of benzene rings is 1. The third kappa shape index (κ3) is 4.35. The minimum absolute atomic E-state index is 0.198. The summed E-state index contributed by atoms with van der Waals surface area (Å²) in [6.45, 7) is 2.14.